The molecule has 0 aliphatic carbocycles. The topological polar surface area (TPSA) is 26.0 Å². The van der Waals surface area contributed by atoms with Crippen LogP contribution in [0.2, 0.25) is 0 Å². The van der Waals surface area contributed by atoms with Gasteiger partial charge < -0.3 is 5.73 Å². The SMILES string of the molecule is C=CCC[C@H](N)c1cccs1.Cl. The molecule has 3 heteroatoms. The second kappa shape index (κ2) is 6.23. The van der Waals surface area contributed by atoms with Gasteiger partial charge in [0.05, 0.1) is 0 Å². The van der Waals surface area contributed by atoms with Crippen LogP contribution in [0.5, 0.6) is 0 Å². The number of hydrogen-bond acceptors (Lipinski definition) is 2. The van der Waals surface area contributed by atoms with Crippen LogP contribution in [0.25, 0.3) is 0 Å². The Kier molecular flexibility index (Phi) is 6.07. The number of rotatable bonds is 4. The van der Waals surface area contributed by atoms with Gasteiger partial charge >= 0.3 is 0 Å². The number of allylic oxidation sites excluding steroid dienone is 1. The molecule has 0 unspecified atom stereocenters. The summed E-state index contributed by atoms with van der Waals surface area (Å²) in [5.41, 5.74) is 5.89. The van der Waals surface area contributed by atoms with Crippen molar-refractivity contribution in [2.24, 2.45) is 5.73 Å². The zero-order valence-electron chi connectivity index (χ0n) is 6.90. The summed E-state index contributed by atoms with van der Waals surface area (Å²) < 4.78 is 0. The van der Waals surface area contributed by atoms with Gasteiger partial charge in [0.15, 0.2) is 0 Å². The second-order valence-corrected chi connectivity index (χ2v) is 3.47. The molecule has 0 fully saturated rings. The van der Waals surface area contributed by atoms with Crippen LogP contribution in [0.15, 0.2) is 30.2 Å². The Balaban J connectivity index is 0.00000121. The third-order valence-electron chi connectivity index (χ3n) is 1.59. The molecule has 1 heterocycles. The van der Waals surface area contributed by atoms with Crippen LogP contribution < -0.4 is 5.73 Å². The summed E-state index contributed by atoms with van der Waals surface area (Å²) in [5, 5.41) is 2.06. The van der Waals surface area contributed by atoms with E-state index in [4.69, 9.17) is 5.73 Å². The van der Waals surface area contributed by atoms with Crippen molar-refractivity contribution in [3.05, 3.63) is 35.0 Å². The number of halogens is 1. The molecule has 0 aromatic carbocycles. The highest BCUT2D eigenvalue weighted by molar-refractivity contribution is 7.10. The fourth-order valence-electron chi connectivity index (χ4n) is 0.942. The van der Waals surface area contributed by atoms with E-state index in [9.17, 15) is 0 Å². The van der Waals surface area contributed by atoms with Crippen molar-refractivity contribution in [1.29, 1.82) is 0 Å². The molecule has 1 aromatic heterocycles. The third kappa shape index (κ3) is 3.39. The summed E-state index contributed by atoms with van der Waals surface area (Å²) in [6.45, 7) is 3.66. The van der Waals surface area contributed by atoms with E-state index in [-0.39, 0.29) is 18.4 Å². The molecular weight excluding hydrogens is 190 g/mol. The predicted octanol–water partition coefficient (Wildman–Crippen LogP) is 3.14. The molecule has 0 spiro atoms. The summed E-state index contributed by atoms with van der Waals surface area (Å²) in [6.07, 6.45) is 3.91. The molecule has 0 amide bonds. The highest BCUT2D eigenvalue weighted by Gasteiger charge is 2.04. The molecule has 1 nitrogen and oxygen atoms in total. The Bertz CT molecular complexity index is 208. The van der Waals surface area contributed by atoms with Gasteiger partial charge in [0.1, 0.15) is 0 Å². The molecule has 12 heavy (non-hydrogen) atoms. The predicted molar refractivity (Wildman–Crippen MR) is 57.9 cm³/mol. The second-order valence-electron chi connectivity index (χ2n) is 2.49. The molecule has 2 N–H and O–H groups in total. The number of nitrogens with two attached hydrogens (primary N) is 1. The zero-order valence-corrected chi connectivity index (χ0v) is 8.53. The van der Waals surface area contributed by atoms with E-state index in [1.165, 1.54) is 4.88 Å². The smallest absolute Gasteiger partial charge is 0.0392 e. The van der Waals surface area contributed by atoms with Crippen LogP contribution in [-0.2, 0) is 0 Å². The standard InChI is InChI=1S/C9H13NS.ClH/c1-2-3-5-8(10)9-6-4-7-11-9;/h2,4,6-8H,1,3,5,10H2;1H/t8-;/m0./s1. The Morgan fingerprint density at radius 2 is 2.42 bits per heavy atom. The number of thiophene rings is 1. The number of hydrogen-bond donors (Lipinski definition) is 1. The van der Waals surface area contributed by atoms with Crippen LogP contribution in [0.3, 0.4) is 0 Å². The van der Waals surface area contributed by atoms with Crippen LogP contribution in [0.4, 0.5) is 0 Å². The van der Waals surface area contributed by atoms with E-state index >= 15 is 0 Å². The lowest BCUT2D eigenvalue weighted by Crippen LogP contribution is -2.07. The van der Waals surface area contributed by atoms with Crippen molar-refractivity contribution in [3.63, 3.8) is 0 Å². The van der Waals surface area contributed by atoms with Gasteiger partial charge in [0.2, 0.25) is 0 Å². The largest absolute Gasteiger partial charge is 0.323 e. The summed E-state index contributed by atoms with van der Waals surface area (Å²) in [6, 6.07) is 4.32. The molecule has 1 atom stereocenters. The average Bonchev–Trinajstić information content (AvgIpc) is 2.52. The minimum absolute atomic E-state index is 0. The van der Waals surface area contributed by atoms with Crippen molar-refractivity contribution in [2.45, 2.75) is 18.9 Å². The molecule has 0 saturated heterocycles. The van der Waals surface area contributed by atoms with Crippen LogP contribution >= 0.6 is 23.7 Å². The van der Waals surface area contributed by atoms with Crippen molar-refractivity contribution in [2.75, 3.05) is 0 Å². The van der Waals surface area contributed by atoms with Crippen LogP contribution in [-0.4, -0.2) is 0 Å². The molecule has 1 aromatic rings. The molecule has 0 bridgehead atoms. The Morgan fingerprint density at radius 1 is 1.67 bits per heavy atom. The average molecular weight is 204 g/mol. The van der Waals surface area contributed by atoms with E-state index in [1.54, 1.807) is 11.3 Å². The molecule has 0 aliphatic rings. The highest BCUT2D eigenvalue weighted by Crippen LogP contribution is 2.20. The molecule has 0 aliphatic heterocycles. The van der Waals surface area contributed by atoms with Crippen molar-refractivity contribution in [3.8, 4) is 0 Å². The van der Waals surface area contributed by atoms with Crippen molar-refractivity contribution >= 4 is 23.7 Å². The van der Waals surface area contributed by atoms with Crippen LogP contribution in [0, 0.1) is 0 Å². The van der Waals surface area contributed by atoms with Crippen LogP contribution in [0.1, 0.15) is 23.8 Å². The monoisotopic (exact) mass is 203 g/mol. The first-order valence-electron chi connectivity index (χ1n) is 3.74. The molecule has 1 rings (SSSR count). The lowest BCUT2D eigenvalue weighted by Gasteiger charge is -2.06. The molecular formula is C9H14ClNS. The normalized spacial score (nSPS) is 11.8. The Hall–Kier alpha value is -0.310. The third-order valence-corrected chi connectivity index (χ3v) is 2.59. The van der Waals surface area contributed by atoms with Gasteiger partial charge in [0, 0.05) is 10.9 Å². The van der Waals surface area contributed by atoms with Gasteiger partial charge in [-0.1, -0.05) is 12.1 Å². The summed E-state index contributed by atoms with van der Waals surface area (Å²) >= 11 is 1.72. The fourth-order valence-corrected chi connectivity index (χ4v) is 1.71. The quantitative estimate of drug-likeness (QED) is 0.748. The Morgan fingerprint density at radius 3 is 2.92 bits per heavy atom. The zero-order chi connectivity index (χ0) is 8.10. The van der Waals surface area contributed by atoms with Gasteiger partial charge in [-0.05, 0) is 24.3 Å². The molecule has 68 valence electrons. The first-order valence-corrected chi connectivity index (χ1v) is 4.62. The minimum Gasteiger partial charge on any atom is -0.323 e. The van der Waals surface area contributed by atoms with E-state index in [2.05, 4.69) is 18.0 Å². The lowest BCUT2D eigenvalue weighted by atomic mass is 10.1. The summed E-state index contributed by atoms with van der Waals surface area (Å²) in [7, 11) is 0. The van der Waals surface area contributed by atoms with Gasteiger partial charge in [-0.3, -0.25) is 0 Å². The maximum absolute atomic E-state index is 5.89. The summed E-state index contributed by atoms with van der Waals surface area (Å²) in [5.74, 6) is 0. The molecule has 0 saturated carbocycles. The van der Waals surface area contributed by atoms with E-state index in [0.717, 1.165) is 12.8 Å². The molecule has 0 radical (unpaired) electrons. The highest BCUT2D eigenvalue weighted by atomic mass is 35.5. The van der Waals surface area contributed by atoms with E-state index in [0.29, 0.717) is 0 Å². The maximum Gasteiger partial charge on any atom is 0.0392 e. The minimum atomic E-state index is 0. The van der Waals surface area contributed by atoms with Gasteiger partial charge in [-0.25, -0.2) is 0 Å². The van der Waals surface area contributed by atoms with E-state index < -0.39 is 0 Å². The van der Waals surface area contributed by atoms with Crippen molar-refractivity contribution < 1.29 is 0 Å². The summed E-state index contributed by atoms with van der Waals surface area (Å²) in [4.78, 5) is 1.27. The Labute approximate surface area is 83.7 Å². The first-order chi connectivity index (χ1) is 5.34. The maximum atomic E-state index is 5.89. The van der Waals surface area contributed by atoms with Gasteiger partial charge in [-0.15, -0.1) is 30.3 Å². The van der Waals surface area contributed by atoms with Gasteiger partial charge in [-0.2, -0.15) is 0 Å². The fraction of sp³-hybridized carbons (Fsp3) is 0.333. The van der Waals surface area contributed by atoms with E-state index in [1.807, 2.05) is 12.1 Å². The first kappa shape index (κ1) is 11.7. The van der Waals surface area contributed by atoms with Gasteiger partial charge in [0.25, 0.3) is 0 Å². The lowest BCUT2D eigenvalue weighted by molar-refractivity contribution is 0.673. The van der Waals surface area contributed by atoms with Crippen molar-refractivity contribution in [1.82, 2.24) is 0 Å².